The summed E-state index contributed by atoms with van der Waals surface area (Å²) < 4.78 is 20.2. The molecule has 0 radical (unpaired) electrons. The Bertz CT molecular complexity index is 872. The number of thiazole rings is 1. The molecule has 2 aromatic rings. The first kappa shape index (κ1) is 22.0. The van der Waals surface area contributed by atoms with Crippen LogP contribution in [0, 0.1) is 0 Å². The molecular formula is C18H21N3O7S. The Morgan fingerprint density at radius 2 is 1.69 bits per heavy atom. The van der Waals surface area contributed by atoms with E-state index in [-0.39, 0.29) is 18.5 Å². The first-order chi connectivity index (χ1) is 13.9. The Morgan fingerprint density at radius 1 is 1.03 bits per heavy atom. The number of nitrogens with one attached hydrogen (secondary N) is 2. The highest BCUT2D eigenvalue weighted by molar-refractivity contribution is 7.13. The van der Waals surface area contributed by atoms with Crippen LogP contribution < -0.4 is 24.8 Å². The van der Waals surface area contributed by atoms with Gasteiger partial charge in [0.1, 0.15) is 0 Å². The number of esters is 1. The van der Waals surface area contributed by atoms with Gasteiger partial charge < -0.3 is 29.6 Å². The standard InChI is InChI=1S/C18H21N3O7S/c1-25-12-5-10(6-13(26-2)16(12)28-4)17(24)19-8-14(22)21-18-20-11(9-29-18)7-15(23)27-3/h5-6,9H,7-8H2,1-4H3,(H,19,24)(H,20,21,22). The van der Waals surface area contributed by atoms with Crippen molar-refractivity contribution in [3.63, 3.8) is 0 Å². The number of ether oxygens (including phenoxy) is 4. The summed E-state index contributed by atoms with van der Waals surface area (Å²) in [6.45, 7) is -0.276. The molecule has 0 aliphatic carbocycles. The molecule has 2 amide bonds. The number of hydrogen-bond donors (Lipinski definition) is 2. The zero-order valence-corrected chi connectivity index (χ0v) is 17.2. The lowest BCUT2D eigenvalue weighted by molar-refractivity contribution is -0.139. The normalized spacial score (nSPS) is 10.1. The van der Waals surface area contributed by atoms with E-state index in [0.717, 1.165) is 11.3 Å². The molecule has 0 saturated heterocycles. The molecule has 1 aromatic carbocycles. The Morgan fingerprint density at radius 3 is 2.24 bits per heavy atom. The Labute approximate surface area is 171 Å². The molecule has 1 heterocycles. The maximum absolute atomic E-state index is 12.4. The second-order valence-electron chi connectivity index (χ2n) is 5.54. The van der Waals surface area contributed by atoms with Crippen molar-refractivity contribution in [2.75, 3.05) is 40.3 Å². The van der Waals surface area contributed by atoms with Crippen LogP contribution in [0.2, 0.25) is 0 Å². The molecule has 10 nitrogen and oxygen atoms in total. The topological polar surface area (TPSA) is 125 Å². The summed E-state index contributed by atoms with van der Waals surface area (Å²) in [5.74, 6) is -0.388. The molecule has 29 heavy (non-hydrogen) atoms. The van der Waals surface area contributed by atoms with Gasteiger partial charge in [0.05, 0.1) is 47.1 Å². The number of methoxy groups -OCH3 is 4. The van der Waals surface area contributed by atoms with E-state index in [9.17, 15) is 14.4 Å². The molecule has 0 unspecified atom stereocenters. The van der Waals surface area contributed by atoms with Crippen molar-refractivity contribution in [2.24, 2.45) is 0 Å². The highest BCUT2D eigenvalue weighted by Gasteiger charge is 2.18. The van der Waals surface area contributed by atoms with Crippen LogP contribution in [0.3, 0.4) is 0 Å². The fourth-order valence-electron chi connectivity index (χ4n) is 2.30. The van der Waals surface area contributed by atoms with Gasteiger partial charge in [-0.05, 0) is 12.1 Å². The SMILES string of the molecule is COC(=O)Cc1csc(NC(=O)CNC(=O)c2cc(OC)c(OC)c(OC)c2)n1. The summed E-state index contributed by atoms with van der Waals surface area (Å²) in [5.41, 5.74) is 0.723. The summed E-state index contributed by atoms with van der Waals surface area (Å²) >= 11 is 1.16. The predicted octanol–water partition coefficient (Wildman–Crippen LogP) is 1.25. The van der Waals surface area contributed by atoms with Crippen molar-refractivity contribution < 1.29 is 33.3 Å². The zero-order chi connectivity index (χ0) is 21.4. The lowest BCUT2D eigenvalue weighted by atomic mass is 10.1. The van der Waals surface area contributed by atoms with Gasteiger partial charge >= 0.3 is 5.97 Å². The van der Waals surface area contributed by atoms with Crippen LogP contribution in [0.1, 0.15) is 16.1 Å². The van der Waals surface area contributed by atoms with Crippen molar-refractivity contribution >= 4 is 34.3 Å². The molecule has 156 valence electrons. The van der Waals surface area contributed by atoms with Crippen molar-refractivity contribution in [1.82, 2.24) is 10.3 Å². The summed E-state index contributed by atoms with van der Waals surface area (Å²) in [5, 5.41) is 7.02. The average molecular weight is 423 g/mol. The van der Waals surface area contributed by atoms with Crippen molar-refractivity contribution in [2.45, 2.75) is 6.42 Å². The minimum Gasteiger partial charge on any atom is -0.493 e. The second kappa shape index (κ2) is 10.3. The van der Waals surface area contributed by atoms with E-state index in [4.69, 9.17) is 14.2 Å². The molecule has 0 atom stereocenters. The fraction of sp³-hybridized carbons (Fsp3) is 0.333. The predicted molar refractivity (Wildman–Crippen MR) is 105 cm³/mol. The molecule has 0 spiro atoms. The maximum Gasteiger partial charge on any atom is 0.311 e. The molecule has 2 N–H and O–H groups in total. The van der Waals surface area contributed by atoms with E-state index < -0.39 is 17.8 Å². The van der Waals surface area contributed by atoms with Crippen LogP contribution in [0.25, 0.3) is 0 Å². The van der Waals surface area contributed by atoms with Crippen LogP contribution >= 0.6 is 11.3 Å². The summed E-state index contributed by atoms with van der Waals surface area (Å²) in [6, 6.07) is 2.96. The van der Waals surface area contributed by atoms with E-state index in [1.165, 1.54) is 40.6 Å². The van der Waals surface area contributed by atoms with Gasteiger partial charge in [0.25, 0.3) is 5.91 Å². The number of nitrogens with zero attached hydrogens (tertiary/aromatic N) is 1. The lowest BCUT2D eigenvalue weighted by Gasteiger charge is -2.14. The minimum atomic E-state index is -0.495. The number of carbonyl (C=O) groups excluding carboxylic acids is 3. The Kier molecular flexibility index (Phi) is 7.78. The van der Waals surface area contributed by atoms with Gasteiger partial charge in [0.2, 0.25) is 11.7 Å². The first-order valence-electron chi connectivity index (χ1n) is 8.31. The van der Waals surface area contributed by atoms with Crippen molar-refractivity contribution in [1.29, 1.82) is 0 Å². The van der Waals surface area contributed by atoms with Gasteiger partial charge in [-0.3, -0.25) is 14.4 Å². The third-order valence-electron chi connectivity index (χ3n) is 3.69. The number of anilines is 1. The Balaban J connectivity index is 1.96. The van der Waals surface area contributed by atoms with Crippen LogP contribution in [0.4, 0.5) is 5.13 Å². The maximum atomic E-state index is 12.4. The van der Waals surface area contributed by atoms with Crippen molar-refractivity contribution in [3.8, 4) is 17.2 Å². The van der Waals surface area contributed by atoms with Gasteiger partial charge in [-0.1, -0.05) is 0 Å². The summed E-state index contributed by atoms with van der Waals surface area (Å²) in [7, 11) is 5.62. The third kappa shape index (κ3) is 5.82. The summed E-state index contributed by atoms with van der Waals surface area (Å²) in [6.07, 6.45) is 0.0146. The third-order valence-corrected chi connectivity index (χ3v) is 4.49. The molecule has 2 rings (SSSR count). The van der Waals surface area contributed by atoms with E-state index in [0.29, 0.717) is 28.1 Å². The Hall–Kier alpha value is -3.34. The van der Waals surface area contributed by atoms with Crippen LogP contribution in [-0.4, -0.2) is 57.8 Å². The van der Waals surface area contributed by atoms with E-state index in [1.807, 2.05) is 0 Å². The molecular weight excluding hydrogens is 402 g/mol. The molecule has 0 saturated carbocycles. The molecule has 11 heteroatoms. The number of carbonyl (C=O) groups is 3. The highest BCUT2D eigenvalue weighted by Crippen LogP contribution is 2.38. The van der Waals surface area contributed by atoms with Crippen LogP contribution in [0.15, 0.2) is 17.5 Å². The number of benzene rings is 1. The van der Waals surface area contributed by atoms with Gasteiger partial charge in [-0.15, -0.1) is 11.3 Å². The number of amides is 2. The monoisotopic (exact) mass is 423 g/mol. The molecule has 0 fully saturated rings. The molecule has 1 aromatic heterocycles. The number of rotatable bonds is 9. The van der Waals surface area contributed by atoms with Crippen LogP contribution in [0.5, 0.6) is 17.2 Å². The van der Waals surface area contributed by atoms with Gasteiger partial charge in [0.15, 0.2) is 16.6 Å². The highest BCUT2D eigenvalue weighted by atomic mass is 32.1. The number of aromatic nitrogens is 1. The molecule has 0 aliphatic rings. The quantitative estimate of drug-likeness (QED) is 0.578. The molecule has 0 aliphatic heterocycles. The average Bonchev–Trinajstić information content (AvgIpc) is 3.16. The fourth-order valence-corrected chi connectivity index (χ4v) is 3.03. The first-order valence-corrected chi connectivity index (χ1v) is 9.19. The zero-order valence-electron chi connectivity index (χ0n) is 16.4. The van der Waals surface area contributed by atoms with E-state index in [1.54, 1.807) is 5.38 Å². The van der Waals surface area contributed by atoms with Gasteiger partial charge in [-0.2, -0.15) is 0 Å². The van der Waals surface area contributed by atoms with Crippen molar-refractivity contribution in [3.05, 3.63) is 28.8 Å². The second-order valence-corrected chi connectivity index (χ2v) is 6.40. The molecule has 0 bridgehead atoms. The smallest absolute Gasteiger partial charge is 0.311 e. The van der Waals surface area contributed by atoms with E-state index in [2.05, 4.69) is 20.4 Å². The van der Waals surface area contributed by atoms with Gasteiger partial charge in [-0.25, -0.2) is 4.98 Å². The van der Waals surface area contributed by atoms with Gasteiger partial charge in [0, 0.05) is 10.9 Å². The van der Waals surface area contributed by atoms with E-state index >= 15 is 0 Å². The number of hydrogen-bond acceptors (Lipinski definition) is 9. The minimum absolute atomic E-state index is 0.0146. The largest absolute Gasteiger partial charge is 0.493 e. The van der Waals surface area contributed by atoms with Crippen LogP contribution in [-0.2, 0) is 20.7 Å². The lowest BCUT2D eigenvalue weighted by Crippen LogP contribution is -2.32. The summed E-state index contributed by atoms with van der Waals surface area (Å²) in [4.78, 5) is 39.8.